The monoisotopic (exact) mass is 261 g/mol. The maximum atomic E-state index is 13.2. The van der Waals surface area contributed by atoms with Crippen molar-refractivity contribution in [3.63, 3.8) is 0 Å². The molecule has 0 aliphatic carbocycles. The predicted octanol–water partition coefficient (Wildman–Crippen LogP) is -0.509. The second kappa shape index (κ2) is 4.52. The second-order valence-electron chi connectivity index (χ2n) is 2.96. The van der Waals surface area contributed by atoms with Gasteiger partial charge in [0.1, 0.15) is 11.9 Å². The zero-order chi connectivity index (χ0) is 10.7. The second-order valence-corrected chi connectivity index (χ2v) is 3.87. The molecule has 0 saturated heterocycles. The van der Waals surface area contributed by atoms with E-state index in [1.165, 1.54) is 12.1 Å². The molecule has 1 rings (SSSR count). The SMILES string of the molecule is [NH3+][C@@H](Cc1ccc(Br)cc1F)C(=O)[O-]. The van der Waals surface area contributed by atoms with Crippen LogP contribution in [-0.4, -0.2) is 12.0 Å². The van der Waals surface area contributed by atoms with Crippen LogP contribution in [0.15, 0.2) is 22.7 Å². The van der Waals surface area contributed by atoms with Crippen LogP contribution < -0.4 is 10.8 Å². The van der Waals surface area contributed by atoms with Crippen LogP contribution in [0.3, 0.4) is 0 Å². The average Bonchev–Trinajstić information content (AvgIpc) is 2.09. The van der Waals surface area contributed by atoms with Gasteiger partial charge in [-0.25, -0.2) is 4.39 Å². The van der Waals surface area contributed by atoms with Crippen LogP contribution >= 0.6 is 15.9 Å². The van der Waals surface area contributed by atoms with Crippen molar-refractivity contribution in [3.05, 3.63) is 34.1 Å². The van der Waals surface area contributed by atoms with Crippen LogP contribution in [0.5, 0.6) is 0 Å². The van der Waals surface area contributed by atoms with Gasteiger partial charge in [-0.05, 0) is 17.7 Å². The Labute approximate surface area is 88.9 Å². The van der Waals surface area contributed by atoms with Crippen LogP contribution in [0.4, 0.5) is 4.39 Å². The van der Waals surface area contributed by atoms with Gasteiger partial charge in [0, 0.05) is 10.9 Å². The molecule has 0 saturated carbocycles. The molecule has 0 bridgehead atoms. The number of carbonyl (C=O) groups is 1. The number of carbonyl (C=O) groups excluding carboxylic acids is 1. The summed E-state index contributed by atoms with van der Waals surface area (Å²) in [4.78, 5) is 10.4. The lowest BCUT2D eigenvalue weighted by atomic mass is 10.1. The van der Waals surface area contributed by atoms with Crippen LogP contribution in [0.25, 0.3) is 0 Å². The van der Waals surface area contributed by atoms with E-state index in [4.69, 9.17) is 0 Å². The van der Waals surface area contributed by atoms with Crippen molar-refractivity contribution in [2.24, 2.45) is 0 Å². The summed E-state index contributed by atoms with van der Waals surface area (Å²) in [5.74, 6) is -1.71. The summed E-state index contributed by atoms with van der Waals surface area (Å²) in [5.41, 5.74) is 3.69. The summed E-state index contributed by atoms with van der Waals surface area (Å²) < 4.78 is 13.8. The molecule has 1 atom stereocenters. The van der Waals surface area contributed by atoms with Crippen molar-refractivity contribution < 1.29 is 20.0 Å². The molecule has 0 aromatic heterocycles. The molecule has 0 heterocycles. The van der Waals surface area contributed by atoms with E-state index in [1.807, 2.05) is 0 Å². The van der Waals surface area contributed by atoms with E-state index in [0.29, 0.717) is 10.0 Å². The van der Waals surface area contributed by atoms with Crippen molar-refractivity contribution in [1.82, 2.24) is 0 Å². The summed E-state index contributed by atoms with van der Waals surface area (Å²) >= 11 is 3.11. The van der Waals surface area contributed by atoms with E-state index in [0.717, 1.165) is 0 Å². The highest BCUT2D eigenvalue weighted by Crippen LogP contribution is 2.15. The first-order valence-electron chi connectivity index (χ1n) is 3.98. The number of carboxylic acids is 1. The number of quaternary nitrogens is 1. The molecule has 76 valence electrons. The molecule has 3 N–H and O–H groups in total. The molecule has 0 aliphatic rings. The predicted molar refractivity (Wildman–Crippen MR) is 49.5 cm³/mol. The minimum atomic E-state index is -1.27. The molecule has 0 unspecified atom stereocenters. The largest absolute Gasteiger partial charge is 0.544 e. The lowest BCUT2D eigenvalue weighted by molar-refractivity contribution is -0.437. The molecule has 0 radical (unpaired) electrons. The molecule has 1 aromatic rings. The van der Waals surface area contributed by atoms with E-state index in [-0.39, 0.29) is 6.42 Å². The fourth-order valence-corrected chi connectivity index (χ4v) is 1.37. The van der Waals surface area contributed by atoms with Crippen molar-refractivity contribution in [3.8, 4) is 0 Å². The van der Waals surface area contributed by atoms with E-state index in [2.05, 4.69) is 21.7 Å². The van der Waals surface area contributed by atoms with Gasteiger partial charge >= 0.3 is 0 Å². The zero-order valence-electron chi connectivity index (χ0n) is 7.30. The highest BCUT2D eigenvalue weighted by Gasteiger charge is 2.11. The standard InChI is InChI=1S/C9H9BrFNO2/c10-6-2-1-5(7(11)4-6)3-8(12)9(13)14/h1-2,4,8H,3,12H2,(H,13,14)/t8-/m0/s1. The van der Waals surface area contributed by atoms with Crippen LogP contribution in [0.2, 0.25) is 0 Å². The van der Waals surface area contributed by atoms with Crippen molar-refractivity contribution in [1.29, 1.82) is 0 Å². The van der Waals surface area contributed by atoms with Gasteiger partial charge in [0.05, 0.1) is 5.97 Å². The Bertz CT molecular complexity index is 357. The maximum absolute atomic E-state index is 13.2. The molecular formula is C9H9BrFNO2. The Morgan fingerprint density at radius 3 is 2.79 bits per heavy atom. The number of hydrogen-bond donors (Lipinski definition) is 1. The summed E-state index contributed by atoms with van der Waals surface area (Å²) in [6.07, 6.45) is 0.0431. The average molecular weight is 262 g/mol. The third kappa shape index (κ3) is 2.78. The first kappa shape index (κ1) is 11.1. The summed E-state index contributed by atoms with van der Waals surface area (Å²) in [5, 5.41) is 10.4. The van der Waals surface area contributed by atoms with Gasteiger partial charge in [0.2, 0.25) is 0 Å². The van der Waals surface area contributed by atoms with Gasteiger partial charge in [-0.15, -0.1) is 0 Å². The highest BCUT2D eigenvalue weighted by atomic mass is 79.9. The zero-order valence-corrected chi connectivity index (χ0v) is 8.88. The van der Waals surface area contributed by atoms with Gasteiger partial charge in [0.15, 0.2) is 0 Å². The van der Waals surface area contributed by atoms with Crippen LogP contribution in [0.1, 0.15) is 5.56 Å². The number of halogens is 2. The summed E-state index contributed by atoms with van der Waals surface area (Å²) in [6, 6.07) is 3.55. The van der Waals surface area contributed by atoms with E-state index in [9.17, 15) is 14.3 Å². The number of rotatable bonds is 3. The Morgan fingerprint density at radius 2 is 2.29 bits per heavy atom. The molecular weight excluding hydrogens is 253 g/mol. The summed E-state index contributed by atoms with van der Waals surface area (Å²) in [7, 11) is 0. The van der Waals surface area contributed by atoms with Crippen LogP contribution in [0, 0.1) is 5.82 Å². The van der Waals surface area contributed by atoms with Gasteiger partial charge in [-0.1, -0.05) is 22.0 Å². The Hall–Kier alpha value is -0.940. The first-order chi connectivity index (χ1) is 6.50. The highest BCUT2D eigenvalue weighted by molar-refractivity contribution is 9.10. The Balaban J connectivity index is 2.82. The molecule has 3 nitrogen and oxygen atoms in total. The molecule has 1 aromatic carbocycles. The molecule has 0 spiro atoms. The maximum Gasteiger partial charge on any atom is 0.129 e. The Morgan fingerprint density at radius 1 is 1.64 bits per heavy atom. The fourth-order valence-electron chi connectivity index (χ4n) is 1.04. The molecule has 0 amide bonds. The normalized spacial score (nSPS) is 12.5. The minimum Gasteiger partial charge on any atom is -0.544 e. The van der Waals surface area contributed by atoms with Gasteiger partial charge in [0.25, 0.3) is 0 Å². The van der Waals surface area contributed by atoms with Crippen molar-refractivity contribution in [2.75, 3.05) is 0 Å². The molecule has 0 aliphatic heterocycles. The lowest BCUT2D eigenvalue weighted by Crippen LogP contribution is -2.69. The summed E-state index contributed by atoms with van der Waals surface area (Å²) in [6.45, 7) is 0. The van der Waals surface area contributed by atoms with Crippen molar-refractivity contribution >= 4 is 21.9 Å². The molecule has 5 heteroatoms. The van der Waals surface area contributed by atoms with Gasteiger partial charge in [-0.2, -0.15) is 0 Å². The molecule has 14 heavy (non-hydrogen) atoms. The van der Waals surface area contributed by atoms with E-state index < -0.39 is 17.8 Å². The molecule has 0 fully saturated rings. The van der Waals surface area contributed by atoms with Gasteiger partial charge in [-0.3, -0.25) is 0 Å². The topological polar surface area (TPSA) is 67.8 Å². The third-order valence-electron chi connectivity index (χ3n) is 1.81. The minimum absolute atomic E-state index is 0.0431. The van der Waals surface area contributed by atoms with Crippen molar-refractivity contribution in [2.45, 2.75) is 12.5 Å². The van der Waals surface area contributed by atoms with E-state index in [1.54, 1.807) is 6.07 Å². The lowest BCUT2D eigenvalue weighted by Gasteiger charge is -2.09. The fraction of sp³-hybridized carbons (Fsp3) is 0.222. The third-order valence-corrected chi connectivity index (χ3v) is 2.31. The number of benzene rings is 1. The smallest absolute Gasteiger partial charge is 0.129 e. The quantitative estimate of drug-likeness (QED) is 0.797. The number of aliphatic carboxylic acids is 1. The van der Waals surface area contributed by atoms with Gasteiger partial charge < -0.3 is 15.6 Å². The first-order valence-corrected chi connectivity index (χ1v) is 4.78. The van der Waals surface area contributed by atoms with Crippen LogP contribution in [-0.2, 0) is 11.2 Å². The Kier molecular flexibility index (Phi) is 3.60. The van der Waals surface area contributed by atoms with E-state index >= 15 is 0 Å². The number of carboxylic acid groups (broad SMARTS) is 1. The number of hydrogen-bond acceptors (Lipinski definition) is 2.